The molecule has 1 unspecified atom stereocenters. The molecule has 0 saturated heterocycles. The van der Waals surface area contributed by atoms with Gasteiger partial charge in [0.2, 0.25) is 11.8 Å². The SMILES string of the molecule is COc1ncccc1CNC(=O)C(C)NC(N)=O. The Bertz CT molecular complexity index is 436. The van der Waals surface area contributed by atoms with Crippen LogP contribution in [0.25, 0.3) is 0 Å². The van der Waals surface area contributed by atoms with Crippen LogP contribution in [0.1, 0.15) is 12.5 Å². The molecule has 0 bridgehead atoms. The van der Waals surface area contributed by atoms with E-state index in [9.17, 15) is 9.59 Å². The lowest BCUT2D eigenvalue weighted by Gasteiger charge is -2.13. The number of urea groups is 1. The number of amides is 3. The molecule has 98 valence electrons. The van der Waals surface area contributed by atoms with Crippen molar-refractivity contribution in [2.24, 2.45) is 5.73 Å². The number of hydrogen-bond donors (Lipinski definition) is 3. The van der Waals surface area contributed by atoms with Crippen molar-refractivity contribution in [2.45, 2.75) is 19.5 Å². The molecule has 1 rings (SSSR count). The van der Waals surface area contributed by atoms with E-state index in [1.807, 2.05) is 0 Å². The number of ether oxygens (including phenoxy) is 1. The first-order valence-electron chi connectivity index (χ1n) is 5.36. The molecule has 0 saturated carbocycles. The molecule has 4 N–H and O–H groups in total. The molecule has 0 aliphatic carbocycles. The van der Waals surface area contributed by atoms with Crippen LogP contribution < -0.4 is 21.1 Å². The van der Waals surface area contributed by atoms with Gasteiger partial charge >= 0.3 is 6.03 Å². The van der Waals surface area contributed by atoms with Gasteiger partial charge in [-0.1, -0.05) is 6.07 Å². The van der Waals surface area contributed by atoms with Crippen molar-refractivity contribution in [2.75, 3.05) is 7.11 Å². The van der Waals surface area contributed by atoms with Crippen LogP contribution in [0.4, 0.5) is 4.79 Å². The number of carbonyl (C=O) groups is 2. The van der Waals surface area contributed by atoms with Gasteiger partial charge in [0.25, 0.3) is 0 Å². The molecular formula is C11H16N4O3. The van der Waals surface area contributed by atoms with Crippen LogP contribution in [0, 0.1) is 0 Å². The molecule has 0 aliphatic rings. The Hall–Kier alpha value is -2.31. The molecule has 1 heterocycles. The highest BCUT2D eigenvalue weighted by atomic mass is 16.5. The van der Waals surface area contributed by atoms with Crippen LogP contribution in [0.2, 0.25) is 0 Å². The second-order valence-electron chi connectivity index (χ2n) is 3.62. The van der Waals surface area contributed by atoms with Crippen molar-refractivity contribution < 1.29 is 14.3 Å². The van der Waals surface area contributed by atoms with Gasteiger partial charge < -0.3 is 21.1 Å². The summed E-state index contributed by atoms with van der Waals surface area (Å²) in [4.78, 5) is 26.2. The molecule has 0 aliphatic heterocycles. The number of primary amides is 1. The summed E-state index contributed by atoms with van der Waals surface area (Å²) in [6, 6.07) is 2.11. The highest BCUT2D eigenvalue weighted by Gasteiger charge is 2.14. The highest BCUT2D eigenvalue weighted by Crippen LogP contribution is 2.12. The van der Waals surface area contributed by atoms with E-state index in [-0.39, 0.29) is 12.5 Å². The summed E-state index contributed by atoms with van der Waals surface area (Å²) < 4.78 is 5.05. The molecular weight excluding hydrogens is 236 g/mol. The number of nitrogens with zero attached hydrogens (tertiary/aromatic N) is 1. The van der Waals surface area contributed by atoms with Crippen LogP contribution in [0.5, 0.6) is 5.88 Å². The van der Waals surface area contributed by atoms with Crippen molar-refractivity contribution in [3.63, 3.8) is 0 Å². The number of methoxy groups -OCH3 is 1. The van der Waals surface area contributed by atoms with Crippen LogP contribution in [0.3, 0.4) is 0 Å². The molecule has 1 aromatic heterocycles. The van der Waals surface area contributed by atoms with Crippen molar-refractivity contribution in [3.05, 3.63) is 23.9 Å². The van der Waals surface area contributed by atoms with Gasteiger partial charge in [0.05, 0.1) is 7.11 Å². The van der Waals surface area contributed by atoms with Crippen LogP contribution in [-0.4, -0.2) is 30.1 Å². The number of nitrogens with two attached hydrogens (primary N) is 1. The second kappa shape index (κ2) is 6.43. The molecule has 0 aromatic carbocycles. The minimum absolute atomic E-state index is 0.265. The lowest BCUT2D eigenvalue weighted by atomic mass is 10.2. The van der Waals surface area contributed by atoms with Gasteiger partial charge in [0.1, 0.15) is 6.04 Å². The molecule has 3 amide bonds. The molecule has 0 spiro atoms. The number of pyridine rings is 1. The first-order chi connectivity index (χ1) is 8.54. The summed E-state index contributed by atoms with van der Waals surface area (Å²) in [5.41, 5.74) is 5.67. The quantitative estimate of drug-likeness (QED) is 0.672. The molecule has 0 radical (unpaired) electrons. The predicted molar refractivity (Wildman–Crippen MR) is 64.8 cm³/mol. The standard InChI is InChI=1S/C11H16N4O3/c1-7(15-11(12)17)9(16)14-6-8-4-3-5-13-10(8)18-2/h3-5,7H,6H2,1-2H3,(H,14,16)(H3,12,15,17). The fraction of sp³-hybridized carbons (Fsp3) is 0.364. The van der Waals surface area contributed by atoms with Gasteiger partial charge in [-0.15, -0.1) is 0 Å². The zero-order valence-electron chi connectivity index (χ0n) is 10.3. The summed E-state index contributed by atoms with van der Waals surface area (Å²) in [5.74, 6) is 0.119. The minimum Gasteiger partial charge on any atom is -0.481 e. The van der Waals surface area contributed by atoms with E-state index in [1.54, 1.807) is 25.3 Å². The predicted octanol–water partition coefficient (Wildman–Crippen LogP) is -0.237. The van der Waals surface area contributed by atoms with E-state index in [0.717, 1.165) is 5.56 Å². The molecule has 7 heteroatoms. The fourth-order valence-corrected chi connectivity index (χ4v) is 1.36. The topological polar surface area (TPSA) is 106 Å². The van der Waals surface area contributed by atoms with Gasteiger partial charge in [-0.25, -0.2) is 9.78 Å². The van der Waals surface area contributed by atoms with Crippen LogP contribution in [0.15, 0.2) is 18.3 Å². The molecule has 18 heavy (non-hydrogen) atoms. The summed E-state index contributed by atoms with van der Waals surface area (Å²) in [7, 11) is 1.50. The Morgan fingerprint density at radius 3 is 2.89 bits per heavy atom. The third kappa shape index (κ3) is 3.93. The zero-order valence-corrected chi connectivity index (χ0v) is 10.3. The summed E-state index contributed by atoms with van der Waals surface area (Å²) in [6.45, 7) is 1.81. The smallest absolute Gasteiger partial charge is 0.312 e. The maximum absolute atomic E-state index is 11.6. The fourth-order valence-electron chi connectivity index (χ4n) is 1.36. The maximum atomic E-state index is 11.6. The average molecular weight is 252 g/mol. The minimum atomic E-state index is -0.739. The van der Waals surface area contributed by atoms with E-state index in [4.69, 9.17) is 10.5 Å². The van der Waals surface area contributed by atoms with E-state index in [1.165, 1.54) is 7.11 Å². The number of aromatic nitrogens is 1. The van der Waals surface area contributed by atoms with E-state index >= 15 is 0 Å². The highest BCUT2D eigenvalue weighted by molar-refractivity contribution is 5.86. The number of carbonyl (C=O) groups excluding carboxylic acids is 2. The maximum Gasteiger partial charge on any atom is 0.312 e. The normalized spacial score (nSPS) is 11.4. The Morgan fingerprint density at radius 1 is 1.56 bits per heavy atom. The van der Waals surface area contributed by atoms with Gasteiger partial charge in [-0.3, -0.25) is 4.79 Å². The molecule has 7 nitrogen and oxygen atoms in total. The number of rotatable bonds is 5. The number of nitrogens with one attached hydrogen (secondary N) is 2. The third-order valence-electron chi connectivity index (χ3n) is 2.25. The van der Waals surface area contributed by atoms with Gasteiger partial charge in [-0.2, -0.15) is 0 Å². The largest absolute Gasteiger partial charge is 0.481 e. The Kier molecular flexibility index (Phi) is 4.91. The first-order valence-corrected chi connectivity index (χ1v) is 5.36. The number of hydrogen-bond acceptors (Lipinski definition) is 4. The van der Waals surface area contributed by atoms with Gasteiger partial charge in [-0.05, 0) is 13.0 Å². The summed E-state index contributed by atoms with van der Waals surface area (Å²) in [6.07, 6.45) is 1.60. The van der Waals surface area contributed by atoms with Crippen molar-refractivity contribution in [3.8, 4) is 5.88 Å². The average Bonchev–Trinajstić information content (AvgIpc) is 2.35. The van der Waals surface area contributed by atoms with Crippen molar-refractivity contribution >= 4 is 11.9 Å². The lowest BCUT2D eigenvalue weighted by Crippen LogP contribution is -2.46. The van der Waals surface area contributed by atoms with Crippen LogP contribution in [-0.2, 0) is 11.3 Å². The summed E-state index contributed by atoms with van der Waals surface area (Å²) in [5, 5.41) is 4.94. The first kappa shape index (κ1) is 13.8. The van der Waals surface area contributed by atoms with Crippen molar-refractivity contribution in [1.29, 1.82) is 0 Å². The van der Waals surface area contributed by atoms with Gasteiger partial charge in [0, 0.05) is 18.3 Å². The third-order valence-corrected chi connectivity index (χ3v) is 2.25. The molecule has 0 fully saturated rings. The molecule has 1 atom stereocenters. The van der Waals surface area contributed by atoms with E-state index in [0.29, 0.717) is 5.88 Å². The molecule has 1 aromatic rings. The summed E-state index contributed by atoms with van der Waals surface area (Å²) >= 11 is 0. The second-order valence-corrected chi connectivity index (χ2v) is 3.62. The van der Waals surface area contributed by atoms with E-state index < -0.39 is 12.1 Å². The van der Waals surface area contributed by atoms with E-state index in [2.05, 4.69) is 15.6 Å². The Morgan fingerprint density at radius 2 is 2.28 bits per heavy atom. The van der Waals surface area contributed by atoms with Crippen LogP contribution >= 0.6 is 0 Å². The monoisotopic (exact) mass is 252 g/mol. The van der Waals surface area contributed by atoms with Crippen molar-refractivity contribution in [1.82, 2.24) is 15.6 Å². The Balaban J connectivity index is 2.54. The van der Waals surface area contributed by atoms with Gasteiger partial charge in [0.15, 0.2) is 0 Å². The Labute approximate surface area is 105 Å². The zero-order chi connectivity index (χ0) is 13.5. The lowest BCUT2D eigenvalue weighted by molar-refractivity contribution is -0.122.